The van der Waals surface area contributed by atoms with E-state index in [9.17, 15) is 35.7 Å². The Hall–Kier alpha value is -5.48. The lowest BCUT2D eigenvalue weighted by atomic mass is 9.70. The number of fused-ring (bicyclic) bond motifs is 2. The first-order chi connectivity index (χ1) is 25.3. The number of pyridine rings is 1. The van der Waals surface area contributed by atoms with Crippen LogP contribution in [0.15, 0.2) is 85.7 Å². The lowest BCUT2D eigenvalue weighted by Crippen LogP contribution is -2.42. The number of carbonyl (C=O) groups is 2. The third-order valence-electron chi connectivity index (χ3n) is 10.4. The summed E-state index contributed by atoms with van der Waals surface area (Å²) in [5.74, 6) is -0.539. The first kappa shape index (κ1) is 38.3. The Labute approximate surface area is 310 Å². The molecule has 0 aliphatic heterocycles. The molecule has 0 spiro atoms. The van der Waals surface area contributed by atoms with Crippen LogP contribution in [0.5, 0.6) is 0 Å². The number of nitrogens with one attached hydrogen (secondary N) is 2. The second-order valence-electron chi connectivity index (χ2n) is 14.2. The van der Waals surface area contributed by atoms with Gasteiger partial charge in [-0.25, -0.2) is 23.4 Å². The van der Waals surface area contributed by atoms with Crippen molar-refractivity contribution in [2.24, 2.45) is 16.7 Å². The summed E-state index contributed by atoms with van der Waals surface area (Å²) in [7, 11) is -4.33. The number of rotatable bonds is 8. The maximum absolute atomic E-state index is 13.6. The van der Waals surface area contributed by atoms with E-state index in [0.717, 1.165) is 29.7 Å². The number of hydrogen-bond acceptors (Lipinski definition) is 10. The van der Waals surface area contributed by atoms with Gasteiger partial charge >= 0.3 is 6.18 Å². The molecule has 2 bridgehead atoms. The van der Waals surface area contributed by atoms with Crippen LogP contribution in [-0.4, -0.2) is 54.9 Å². The molecule has 2 fully saturated rings. The first-order valence-electron chi connectivity index (χ1n) is 17.0. The van der Waals surface area contributed by atoms with Crippen molar-refractivity contribution in [2.45, 2.75) is 53.1 Å². The minimum absolute atomic E-state index is 0.00114. The molecule has 2 aliphatic carbocycles. The van der Waals surface area contributed by atoms with E-state index in [4.69, 9.17) is 0 Å². The highest BCUT2D eigenvalue weighted by molar-refractivity contribution is 7.85. The van der Waals surface area contributed by atoms with Gasteiger partial charge in [0.25, 0.3) is 5.91 Å². The third kappa shape index (κ3) is 8.04. The van der Waals surface area contributed by atoms with Crippen molar-refractivity contribution in [3.63, 3.8) is 0 Å². The molecule has 16 heteroatoms. The third-order valence-corrected chi connectivity index (χ3v) is 11.3. The smallest absolute Gasteiger partial charge is 0.416 e. The lowest BCUT2D eigenvalue weighted by molar-refractivity contribution is -0.137. The van der Waals surface area contributed by atoms with E-state index in [2.05, 4.69) is 30.6 Å². The molecule has 2 N–H and O–H groups in total. The molecular weight excluding hydrogens is 724 g/mol. The zero-order valence-electron chi connectivity index (χ0n) is 29.8. The quantitative estimate of drug-likeness (QED) is 0.153. The fourth-order valence-electron chi connectivity index (χ4n) is 7.28. The number of nitrogens with zero attached hydrogens (tertiary/aromatic N) is 5. The van der Waals surface area contributed by atoms with Crippen molar-refractivity contribution < 1.29 is 35.7 Å². The minimum atomic E-state index is -4.60. The molecule has 3 aromatic heterocycles. The minimum Gasteiger partial charge on any atom is -0.748 e. The van der Waals surface area contributed by atoms with E-state index >= 15 is 0 Å². The number of anilines is 3. The fraction of sp³-hybridized carbons (Fsp3) is 0.316. The summed E-state index contributed by atoms with van der Waals surface area (Å²) in [4.78, 5) is 41.9. The fourth-order valence-corrected chi connectivity index (χ4v) is 8.56. The zero-order chi connectivity index (χ0) is 39.1. The molecule has 1 amide bonds. The van der Waals surface area contributed by atoms with Crippen LogP contribution in [0.4, 0.5) is 30.5 Å². The number of ketones is 1. The van der Waals surface area contributed by atoms with Crippen LogP contribution in [0.1, 0.15) is 60.3 Å². The largest absolute Gasteiger partial charge is 0.748 e. The summed E-state index contributed by atoms with van der Waals surface area (Å²) < 4.78 is 75.0. The van der Waals surface area contributed by atoms with Gasteiger partial charge in [0.15, 0.2) is 0 Å². The molecule has 282 valence electrons. The molecular formula is C38H37F3N7O5S-. The number of carbonyl (C=O) groups excluding carboxylic acids is 2. The van der Waals surface area contributed by atoms with Crippen molar-refractivity contribution in [1.82, 2.24) is 24.5 Å². The van der Waals surface area contributed by atoms with Crippen LogP contribution < -0.4 is 10.6 Å². The van der Waals surface area contributed by atoms with Gasteiger partial charge in [0.2, 0.25) is 5.95 Å². The van der Waals surface area contributed by atoms with Gasteiger partial charge in [0.1, 0.15) is 5.78 Å². The SMILES string of the molecule is CC1(C)C2CCC1(CS(=O)(=O)[O-])C(=O)C2.Cc1cn(-c2cc(NC(=O)c3ccc(C)c(Nc4nccc(-c5cccnc5)n4)c3)cc(C(F)(F)F)c2)cn1. The van der Waals surface area contributed by atoms with E-state index < -0.39 is 38.9 Å². The normalized spacial score (nSPS) is 18.9. The van der Waals surface area contributed by atoms with Gasteiger partial charge < -0.3 is 19.8 Å². The molecule has 0 saturated heterocycles. The van der Waals surface area contributed by atoms with E-state index in [1.54, 1.807) is 62.0 Å². The van der Waals surface area contributed by atoms with Gasteiger partial charge in [-0.1, -0.05) is 19.9 Å². The maximum atomic E-state index is 13.6. The Kier molecular flexibility index (Phi) is 10.2. The van der Waals surface area contributed by atoms with Crippen molar-refractivity contribution in [3.8, 4) is 16.9 Å². The molecule has 2 saturated carbocycles. The number of amides is 1. The van der Waals surface area contributed by atoms with Crippen LogP contribution >= 0.6 is 0 Å². The van der Waals surface area contributed by atoms with Gasteiger partial charge in [0.05, 0.1) is 39.1 Å². The van der Waals surface area contributed by atoms with Gasteiger partial charge in [-0.15, -0.1) is 0 Å². The number of Topliss-reactive ketones (excluding diaryl/α,β-unsaturated/α-hetero) is 1. The lowest BCUT2D eigenvalue weighted by Gasteiger charge is -2.37. The van der Waals surface area contributed by atoms with Gasteiger partial charge in [-0.2, -0.15) is 13.2 Å². The number of hydrogen-bond donors (Lipinski definition) is 2. The molecule has 2 atom stereocenters. The Morgan fingerprint density at radius 1 is 1.06 bits per heavy atom. The predicted octanol–water partition coefficient (Wildman–Crippen LogP) is 7.28. The zero-order valence-corrected chi connectivity index (χ0v) is 30.6. The molecule has 3 heterocycles. The highest BCUT2D eigenvalue weighted by Gasteiger charge is 2.64. The van der Waals surface area contributed by atoms with Crippen molar-refractivity contribution >= 4 is 39.1 Å². The highest BCUT2D eigenvalue weighted by Crippen LogP contribution is 2.64. The van der Waals surface area contributed by atoms with Gasteiger partial charge in [-0.3, -0.25) is 14.6 Å². The molecule has 5 aromatic rings. The predicted molar refractivity (Wildman–Crippen MR) is 194 cm³/mol. The van der Waals surface area contributed by atoms with Crippen LogP contribution in [-0.2, 0) is 21.1 Å². The van der Waals surface area contributed by atoms with Crippen LogP contribution in [0, 0.1) is 30.6 Å². The maximum Gasteiger partial charge on any atom is 0.416 e. The topological polar surface area (TPSA) is 172 Å². The van der Waals surface area contributed by atoms with Crippen molar-refractivity contribution in [3.05, 3.63) is 108 Å². The summed E-state index contributed by atoms with van der Waals surface area (Å²) >= 11 is 0. The van der Waals surface area contributed by atoms with Crippen molar-refractivity contribution in [2.75, 3.05) is 16.4 Å². The average Bonchev–Trinajstić information content (AvgIpc) is 3.70. The second-order valence-corrected chi connectivity index (χ2v) is 15.6. The summed E-state index contributed by atoms with van der Waals surface area (Å²) in [5, 5.41) is 5.71. The number of imidazole rings is 1. The van der Waals surface area contributed by atoms with E-state index in [1.807, 2.05) is 26.8 Å². The molecule has 7 rings (SSSR count). The molecule has 0 radical (unpaired) electrons. The van der Waals surface area contributed by atoms with Gasteiger partial charge in [-0.05, 0) is 92.1 Å². The van der Waals surface area contributed by atoms with E-state index in [1.165, 1.54) is 17.0 Å². The molecule has 12 nitrogen and oxygen atoms in total. The van der Waals surface area contributed by atoms with E-state index in [-0.39, 0.29) is 34.1 Å². The number of aryl methyl sites for hydroxylation is 2. The number of benzene rings is 2. The molecule has 2 unspecified atom stereocenters. The summed E-state index contributed by atoms with van der Waals surface area (Å²) in [6.07, 6.45) is 5.26. The number of aromatic nitrogens is 5. The Morgan fingerprint density at radius 3 is 2.44 bits per heavy atom. The Morgan fingerprint density at radius 2 is 1.83 bits per heavy atom. The number of halogens is 3. The monoisotopic (exact) mass is 760 g/mol. The summed E-state index contributed by atoms with van der Waals surface area (Å²) in [5.41, 5.74) is 1.87. The Bertz CT molecular complexity index is 2330. The standard InChI is InChI=1S/C28H22F3N7O.C10H16O4S/c1-17-5-6-19(10-25(17)37-27-33-9-7-24(36-27)20-4-3-8-32-14-20)26(39)35-22-11-21(28(29,30)31)12-23(13-22)38-15-18(2)34-16-38;1-9(2)7-3-4-10(9,8(11)5-7)6-15(12,13)14/h3-16H,1-2H3,(H,35,39)(H,33,36,37);7H,3-6H2,1-2H3,(H,12,13,14)/p-1. The second kappa shape index (κ2) is 14.4. The van der Waals surface area contributed by atoms with Crippen LogP contribution in [0.3, 0.4) is 0 Å². The first-order valence-corrected chi connectivity index (χ1v) is 18.5. The van der Waals surface area contributed by atoms with Crippen LogP contribution in [0.2, 0.25) is 0 Å². The average molecular weight is 761 g/mol. The summed E-state index contributed by atoms with van der Waals surface area (Å²) in [6.45, 7) is 7.42. The Balaban J connectivity index is 0.000000276. The van der Waals surface area contributed by atoms with Gasteiger partial charge in [0, 0.05) is 64.8 Å². The summed E-state index contributed by atoms with van der Waals surface area (Å²) in [6, 6.07) is 13.7. The number of alkyl halides is 3. The molecule has 54 heavy (non-hydrogen) atoms. The van der Waals surface area contributed by atoms with E-state index in [0.29, 0.717) is 35.9 Å². The molecule has 2 aromatic carbocycles. The highest BCUT2D eigenvalue weighted by atomic mass is 32.2. The van der Waals surface area contributed by atoms with Crippen molar-refractivity contribution in [1.29, 1.82) is 0 Å². The molecule has 2 aliphatic rings. The van der Waals surface area contributed by atoms with Crippen LogP contribution in [0.25, 0.3) is 16.9 Å².